The van der Waals surface area contributed by atoms with E-state index in [0.717, 1.165) is 24.2 Å². The SMILES string of the molecule is Cc1ccc(OCC(O)COc2ccc(CCCO)cc2)cc1. The highest BCUT2D eigenvalue weighted by Crippen LogP contribution is 2.14. The van der Waals surface area contributed by atoms with Gasteiger partial charge in [-0.2, -0.15) is 0 Å². The van der Waals surface area contributed by atoms with E-state index < -0.39 is 6.10 Å². The minimum atomic E-state index is -0.689. The van der Waals surface area contributed by atoms with Crippen LogP contribution in [0.2, 0.25) is 0 Å². The van der Waals surface area contributed by atoms with Crippen LogP contribution in [0.25, 0.3) is 0 Å². The molecule has 0 fully saturated rings. The molecule has 0 spiro atoms. The van der Waals surface area contributed by atoms with Crippen molar-refractivity contribution in [2.45, 2.75) is 25.9 Å². The minimum Gasteiger partial charge on any atom is -0.491 e. The van der Waals surface area contributed by atoms with Gasteiger partial charge >= 0.3 is 0 Å². The van der Waals surface area contributed by atoms with Crippen LogP contribution in [0, 0.1) is 6.92 Å². The Kier molecular flexibility index (Phi) is 6.91. The van der Waals surface area contributed by atoms with Crippen LogP contribution in [0.15, 0.2) is 48.5 Å². The lowest BCUT2D eigenvalue weighted by molar-refractivity contribution is 0.0626. The summed E-state index contributed by atoms with van der Waals surface area (Å²) >= 11 is 0. The Morgan fingerprint density at radius 1 is 0.870 bits per heavy atom. The van der Waals surface area contributed by atoms with E-state index in [4.69, 9.17) is 14.6 Å². The Balaban J connectivity index is 1.71. The number of aliphatic hydroxyl groups is 2. The van der Waals surface area contributed by atoms with Crippen LogP contribution in [-0.2, 0) is 6.42 Å². The Morgan fingerprint density at radius 2 is 1.39 bits per heavy atom. The number of rotatable bonds is 9. The molecule has 2 rings (SSSR count). The van der Waals surface area contributed by atoms with Gasteiger partial charge in [-0.1, -0.05) is 29.8 Å². The zero-order valence-electron chi connectivity index (χ0n) is 13.4. The monoisotopic (exact) mass is 316 g/mol. The maximum absolute atomic E-state index is 9.92. The number of aliphatic hydroxyl groups excluding tert-OH is 2. The van der Waals surface area contributed by atoms with E-state index in [9.17, 15) is 5.11 Å². The molecule has 4 heteroatoms. The van der Waals surface area contributed by atoms with Crippen molar-refractivity contribution in [1.82, 2.24) is 0 Å². The van der Waals surface area contributed by atoms with Gasteiger partial charge in [0.15, 0.2) is 0 Å². The predicted octanol–water partition coefficient (Wildman–Crippen LogP) is 2.74. The molecule has 0 amide bonds. The molecule has 1 unspecified atom stereocenters. The summed E-state index contributed by atoms with van der Waals surface area (Å²) < 4.78 is 11.1. The molecule has 0 heterocycles. The molecule has 0 aromatic heterocycles. The lowest BCUT2D eigenvalue weighted by Crippen LogP contribution is -2.25. The first-order valence-corrected chi connectivity index (χ1v) is 7.87. The molecular formula is C19H24O4. The van der Waals surface area contributed by atoms with Crippen molar-refractivity contribution in [3.8, 4) is 11.5 Å². The van der Waals surface area contributed by atoms with E-state index in [-0.39, 0.29) is 19.8 Å². The summed E-state index contributed by atoms with van der Waals surface area (Å²) in [5, 5.41) is 18.7. The van der Waals surface area contributed by atoms with E-state index in [0.29, 0.717) is 5.75 Å². The Bertz CT molecular complexity index is 563. The third-order valence-electron chi connectivity index (χ3n) is 3.45. The number of hydrogen-bond donors (Lipinski definition) is 2. The average Bonchev–Trinajstić information content (AvgIpc) is 2.58. The molecule has 2 aromatic rings. The molecule has 0 saturated carbocycles. The highest BCUT2D eigenvalue weighted by molar-refractivity contribution is 5.27. The predicted molar refractivity (Wildman–Crippen MR) is 90.0 cm³/mol. The molecule has 0 aliphatic heterocycles. The number of ether oxygens (including phenoxy) is 2. The van der Waals surface area contributed by atoms with Gasteiger partial charge in [-0.05, 0) is 49.6 Å². The van der Waals surface area contributed by atoms with Crippen molar-refractivity contribution < 1.29 is 19.7 Å². The number of aryl methyl sites for hydroxylation is 2. The first kappa shape index (κ1) is 17.3. The summed E-state index contributed by atoms with van der Waals surface area (Å²) in [4.78, 5) is 0. The quantitative estimate of drug-likeness (QED) is 0.747. The fraction of sp³-hybridized carbons (Fsp3) is 0.368. The van der Waals surface area contributed by atoms with Gasteiger partial charge in [-0.3, -0.25) is 0 Å². The number of benzene rings is 2. The maximum Gasteiger partial charge on any atom is 0.122 e. The smallest absolute Gasteiger partial charge is 0.122 e. The molecule has 0 aliphatic rings. The summed E-state index contributed by atoms with van der Waals surface area (Å²) in [5.74, 6) is 1.45. The van der Waals surface area contributed by atoms with Crippen molar-refractivity contribution in [3.05, 3.63) is 59.7 Å². The number of hydrogen-bond acceptors (Lipinski definition) is 4. The molecule has 2 N–H and O–H groups in total. The van der Waals surface area contributed by atoms with Crippen LogP contribution < -0.4 is 9.47 Å². The molecular weight excluding hydrogens is 292 g/mol. The van der Waals surface area contributed by atoms with Crippen LogP contribution in [0.3, 0.4) is 0 Å². The van der Waals surface area contributed by atoms with Crippen molar-refractivity contribution in [2.24, 2.45) is 0 Å². The van der Waals surface area contributed by atoms with Gasteiger partial charge in [0.2, 0.25) is 0 Å². The van der Waals surface area contributed by atoms with E-state index in [1.807, 2.05) is 55.5 Å². The highest BCUT2D eigenvalue weighted by Gasteiger charge is 2.07. The summed E-state index contributed by atoms with van der Waals surface area (Å²) in [6, 6.07) is 15.4. The second-order valence-corrected chi connectivity index (χ2v) is 5.56. The van der Waals surface area contributed by atoms with Gasteiger partial charge in [-0.15, -0.1) is 0 Å². The van der Waals surface area contributed by atoms with Crippen LogP contribution >= 0.6 is 0 Å². The highest BCUT2D eigenvalue weighted by atomic mass is 16.5. The zero-order chi connectivity index (χ0) is 16.5. The lowest BCUT2D eigenvalue weighted by Gasteiger charge is -2.14. The molecule has 2 aromatic carbocycles. The van der Waals surface area contributed by atoms with Gasteiger partial charge in [-0.25, -0.2) is 0 Å². The van der Waals surface area contributed by atoms with Crippen LogP contribution in [-0.4, -0.2) is 36.1 Å². The van der Waals surface area contributed by atoms with Gasteiger partial charge in [0.05, 0.1) is 0 Å². The van der Waals surface area contributed by atoms with Crippen LogP contribution in [0.1, 0.15) is 17.5 Å². The van der Waals surface area contributed by atoms with Crippen LogP contribution in [0.4, 0.5) is 0 Å². The van der Waals surface area contributed by atoms with Gasteiger partial charge in [0, 0.05) is 6.61 Å². The molecule has 0 aliphatic carbocycles. The molecule has 23 heavy (non-hydrogen) atoms. The lowest BCUT2D eigenvalue weighted by atomic mass is 10.1. The Morgan fingerprint density at radius 3 is 1.91 bits per heavy atom. The molecule has 0 radical (unpaired) electrons. The fourth-order valence-electron chi connectivity index (χ4n) is 2.10. The summed E-state index contributed by atoms with van der Waals surface area (Å²) in [6.07, 6.45) is 0.921. The summed E-state index contributed by atoms with van der Waals surface area (Å²) in [5.41, 5.74) is 2.33. The minimum absolute atomic E-state index is 0.182. The second-order valence-electron chi connectivity index (χ2n) is 5.56. The average molecular weight is 316 g/mol. The third-order valence-corrected chi connectivity index (χ3v) is 3.45. The van der Waals surface area contributed by atoms with Crippen LogP contribution in [0.5, 0.6) is 11.5 Å². The van der Waals surface area contributed by atoms with E-state index in [1.54, 1.807) is 0 Å². The second kappa shape index (κ2) is 9.18. The largest absolute Gasteiger partial charge is 0.491 e. The zero-order valence-corrected chi connectivity index (χ0v) is 13.4. The van der Waals surface area contributed by atoms with Crippen molar-refractivity contribution in [2.75, 3.05) is 19.8 Å². The molecule has 0 saturated heterocycles. The van der Waals surface area contributed by atoms with Gasteiger partial charge < -0.3 is 19.7 Å². The maximum atomic E-state index is 9.92. The van der Waals surface area contributed by atoms with Gasteiger partial charge in [0.1, 0.15) is 30.8 Å². The first-order valence-electron chi connectivity index (χ1n) is 7.87. The fourth-order valence-corrected chi connectivity index (χ4v) is 2.10. The summed E-state index contributed by atoms with van der Waals surface area (Å²) in [7, 11) is 0. The topological polar surface area (TPSA) is 58.9 Å². The third kappa shape index (κ3) is 6.30. The Hall–Kier alpha value is -2.04. The first-order chi connectivity index (χ1) is 11.2. The standard InChI is InChI=1S/C19H24O4/c1-15-4-8-18(9-5-15)22-13-17(21)14-23-19-10-6-16(7-11-19)3-2-12-20/h4-11,17,20-21H,2-3,12-14H2,1H3. The Labute approximate surface area is 137 Å². The van der Waals surface area contributed by atoms with E-state index in [1.165, 1.54) is 5.56 Å². The van der Waals surface area contributed by atoms with Crippen molar-refractivity contribution >= 4 is 0 Å². The van der Waals surface area contributed by atoms with E-state index >= 15 is 0 Å². The normalized spacial score (nSPS) is 12.0. The molecule has 4 nitrogen and oxygen atoms in total. The summed E-state index contributed by atoms with van der Waals surface area (Å²) in [6.45, 7) is 2.59. The van der Waals surface area contributed by atoms with Crippen molar-refractivity contribution in [1.29, 1.82) is 0 Å². The van der Waals surface area contributed by atoms with Gasteiger partial charge in [0.25, 0.3) is 0 Å². The van der Waals surface area contributed by atoms with E-state index in [2.05, 4.69) is 0 Å². The van der Waals surface area contributed by atoms with Crippen molar-refractivity contribution in [3.63, 3.8) is 0 Å². The molecule has 0 bridgehead atoms. The molecule has 1 atom stereocenters. The molecule has 124 valence electrons.